The fourth-order valence-corrected chi connectivity index (χ4v) is 4.81. The molecule has 32 heavy (non-hydrogen) atoms. The number of alkyl halides is 3. The van der Waals surface area contributed by atoms with Crippen molar-refractivity contribution in [1.82, 2.24) is 0 Å². The second-order valence-corrected chi connectivity index (χ2v) is 11.0. The Balaban J connectivity index is 2.24. The lowest BCUT2D eigenvalue weighted by molar-refractivity contribution is 0.101. The third-order valence-electron chi connectivity index (χ3n) is 5.90. The number of carboxylic acid groups (broad SMARTS) is 1. The highest BCUT2D eigenvalue weighted by Gasteiger charge is 2.38. The lowest BCUT2D eigenvalue weighted by Gasteiger charge is -2.29. The van der Waals surface area contributed by atoms with Crippen molar-refractivity contribution in [2.45, 2.75) is 50.2 Å². The second-order valence-electron chi connectivity index (χ2n) is 8.44. The molecule has 1 amide bonds. The number of nitrogens with zero attached hydrogens (tertiary/aromatic N) is 1. The highest BCUT2D eigenvalue weighted by atomic mass is 35.6. The van der Waals surface area contributed by atoms with Gasteiger partial charge in [0.1, 0.15) is 5.75 Å². The Labute approximate surface area is 203 Å². The number of carbonyl (C=O) groups excluding carboxylic acids is 1. The smallest absolute Gasteiger partial charge is 0.411 e. The summed E-state index contributed by atoms with van der Waals surface area (Å²) in [5.41, 5.74) is 4.93. The van der Waals surface area contributed by atoms with Gasteiger partial charge in [0.25, 0.3) is 0 Å². The lowest BCUT2D eigenvalue weighted by Crippen LogP contribution is -2.38. The topological polar surface area (TPSA) is 66.8 Å². The Hall–Kier alpha value is -1.95. The summed E-state index contributed by atoms with van der Waals surface area (Å²) < 4.78 is 4.20. The molecule has 1 aliphatic rings. The van der Waals surface area contributed by atoms with Crippen LogP contribution in [0.1, 0.15) is 70.8 Å². The van der Waals surface area contributed by atoms with Crippen LogP contribution in [0.2, 0.25) is 0 Å². The number of ether oxygens (including phenoxy) is 1. The molecular weight excluding hydrogens is 473 g/mol. The minimum atomic E-state index is -1.82. The number of anilines is 1. The zero-order valence-corrected chi connectivity index (χ0v) is 20.9. The quantitative estimate of drug-likeness (QED) is 0.356. The maximum absolute atomic E-state index is 12.6. The summed E-state index contributed by atoms with van der Waals surface area (Å²) in [5, 5.41) is 9.92. The highest BCUT2D eigenvalue weighted by Crippen LogP contribution is 2.48. The van der Waals surface area contributed by atoms with E-state index in [1.807, 2.05) is 6.92 Å². The molecule has 0 saturated carbocycles. The van der Waals surface area contributed by atoms with E-state index < -0.39 is 9.89 Å². The van der Waals surface area contributed by atoms with Gasteiger partial charge in [-0.25, -0.2) is 4.79 Å². The molecule has 0 spiro atoms. The molecule has 3 rings (SSSR count). The number of benzene rings is 2. The Morgan fingerprint density at radius 1 is 1.16 bits per heavy atom. The van der Waals surface area contributed by atoms with Gasteiger partial charge in [0, 0.05) is 11.5 Å². The molecule has 5 nitrogen and oxygen atoms in total. The van der Waals surface area contributed by atoms with Crippen molar-refractivity contribution in [2.24, 2.45) is 0 Å². The van der Waals surface area contributed by atoms with Crippen LogP contribution in [0.15, 0.2) is 24.3 Å². The van der Waals surface area contributed by atoms with Crippen molar-refractivity contribution in [2.75, 3.05) is 18.1 Å². The number of ketones is 1. The van der Waals surface area contributed by atoms with E-state index in [2.05, 4.69) is 38.1 Å². The molecule has 0 radical (unpaired) electrons. The van der Waals surface area contributed by atoms with Gasteiger partial charge >= 0.3 is 6.09 Å². The summed E-state index contributed by atoms with van der Waals surface area (Å²) in [4.78, 5) is 25.8. The van der Waals surface area contributed by atoms with Crippen LogP contribution in [0.5, 0.6) is 5.75 Å². The Kier molecular flexibility index (Phi) is 7.04. The minimum absolute atomic E-state index is 0.146. The standard InChI is InChI=1S/C24H26Cl3NO4/c1-12(2)16-6-8-17(9-7-16)18-10-32-22-19(15(5)29)13(3)21(14(4)20(18)22)28(23(30)31)11-24(25,26)27/h6-9,12,18H,10-11H2,1-5H3,(H,30,31). The lowest BCUT2D eigenvalue weighted by atomic mass is 9.84. The number of halogens is 3. The van der Waals surface area contributed by atoms with Crippen LogP contribution in [-0.4, -0.2) is 33.9 Å². The average molecular weight is 499 g/mol. The van der Waals surface area contributed by atoms with Crippen molar-refractivity contribution in [3.63, 3.8) is 0 Å². The number of fused-ring (bicyclic) bond motifs is 1. The van der Waals surface area contributed by atoms with Crippen molar-refractivity contribution < 1.29 is 19.4 Å². The molecule has 172 valence electrons. The molecule has 1 heterocycles. The molecule has 2 aromatic carbocycles. The number of carbonyl (C=O) groups is 2. The van der Waals surface area contributed by atoms with Crippen LogP contribution in [0, 0.1) is 13.8 Å². The number of Topliss-reactive ketones (excluding diaryl/α,β-unsaturated/α-hetero) is 1. The molecule has 1 unspecified atom stereocenters. The monoisotopic (exact) mass is 497 g/mol. The van der Waals surface area contributed by atoms with Gasteiger partial charge in [-0.05, 0) is 48.9 Å². The molecule has 1 atom stereocenters. The first-order valence-corrected chi connectivity index (χ1v) is 11.4. The Morgan fingerprint density at radius 2 is 1.75 bits per heavy atom. The van der Waals surface area contributed by atoms with Gasteiger partial charge in [0.15, 0.2) is 5.78 Å². The van der Waals surface area contributed by atoms with Crippen molar-refractivity contribution in [1.29, 1.82) is 0 Å². The maximum Gasteiger partial charge on any atom is 0.411 e. The normalized spacial score (nSPS) is 15.5. The molecule has 0 saturated heterocycles. The predicted molar refractivity (Wildman–Crippen MR) is 129 cm³/mol. The minimum Gasteiger partial charge on any atom is -0.491 e. The first-order valence-electron chi connectivity index (χ1n) is 10.3. The number of hydrogen-bond acceptors (Lipinski definition) is 3. The molecule has 1 aliphatic heterocycles. The van der Waals surface area contributed by atoms with Crippen molar-refractivity contribution in [3.8, 4) is 5.75 Å². The Bertz CT molecular complexity index is 1060. The van der Waals surface area contributed by atoms with E-state index in [0.717, 1.165) is 16.0 Å². The molecular formula is C24H26Cl3NO4. The summed E-state index contributed by atoms with van der Waals surface area (Å²) in [6.45, 7) is 9.21. The van der Waals surface area contributed by atoms with E-state index in [-0.39, 0.29) is 18.2 Å². The third-order valence-corrected chi connectivity index (χ3v) is 6.26. The molecule has 2 aromatic rings. The fourth-order valence-electron chi connectivity index (χ4n) is 4.45. The van der Waals surface area contributed by atoms with Crippen molar-refractivity contribution in [3.05, 3.63) is 57.6 Å². The largest absolute Gasteiger partial charge is 0.491 e. The SMILES string of the molecule is CC(=O)c1c(C)c(N(CC(Cl)(Cl)Cl)C(=O)O)c(C)c2c1OCC2c1ccc(C(C)C)cc1. The fraction of sp³-hybridized carbons (Fsp3) is 0.417. The van der Waals surface area contributed by atoms with E-state index in [1.54, 1.807) is 6.92 Å². The van der Waals surface area contributed by atoms with Gasteiger partial charge in [-0.2, -0.15) is 0 Å². The first kappa shape index (κ1) is 24.7. The number of rotatable bonds is 5. The summed E-state index contributed by atoms with van der Waals surface area (Å²) in [6, 6.07) is 8.28. The maximum atomic E-state index is 12.6. The summed E-state index contributed by atoms with van der Waals surface area (Å²) >= 11 is 17.8. The van der Waals surface area contributed by atoms with Gasteiger partial charge in [-0.3, -0.25) is 9.69 Å². The van der Waals surface area contributed by atoms with Gasteiger partial charge in [0.2, 0.25) is 3.79 Å². The zero-order chi connectivity index (χ0) is 24.0. The molecule has 1 N–H and O–H groups in total. The van der Waals surface area contributed by atoms with Gasteiger partial charge in [-0.1, -0.05) is 72.9 Å². The van der Waals surface area contributed by atoms with E-state index in [9.17, 15) is 14.7 Å². The Morgan fingerprint density at radius 3 is 2.22 bits per heavy atom. The molecule has 0 fully saturated rings. The molecule has 0 aromatic heterocycles. The average Bonchev–Trinajstić information content (AvgIpc) is 3.10. The molecule has 8 heteroatoms. The summed E-state index contributed by atoms with van der Waals surface area (Å²) in [5.74, 6) is 0.554. The van der Waals surface area contributed by atoms with Crippen LogP contribution in [0.4, 0.5) is 10.5 Å². The molecule has 0 bridgehead atoms. The van der Waals surface area contributed by atoms with Gasteiger partial charge < -0.3 is 9.84 Å². The molecule has 0 aliphatic carbocycles. The second kappa shape index (κ2) is 9.12. The summed E-state index contributed by atoms with van der Waals surface area (Å²) in [7, 11) is 0. The van der Waals surface area contributed by atoms with Crippen LogP contribution in [-0.2, 0) is 0 Å². The van der Waals surface area contributed by atoms with Crippen LogP contribution in [0.3, 0.4) is 0 Å². The highest BCUT2D eigenvalue weighted by molar-refractivity contribution is 6.68. The van der Waals surface area contributed by atoms with Gasteiger partial charge in [-0.15, -0.1) is 0 Å². The van der Waals surface area contributed by atoms with E-state index in [0.29, 0.717) is 40.7 Å². The number of amides is 1. The van der Waals surface area contributed by atoms with E-state index in [4.69, 9.17) is 39.5 Å². The summed E-state index contributed by atoms with van der Waals surface area (Å²) in [6.07, 6.45) is -1.27. The van der Waals surface area contributed by atoms with Crippen molar-refractivity contribution >= 4 is 52.4 Å². The van der Waals surface area contributed by atoms with Crippen LogP contribution >= 0.6 is 34.8 Å². The van der Waals surface area contributed by atoms with E-state index in [1.165, 1.54) is 12.5 Å². The first-order chi connectivity index (χ1) is 14.8. The van der Waals surface area contributed by atoms with Crippen LogP contribution in [0.25, 0.3) is 0 Å². The predicted octanol–water partition coefficient (Wildman–Crippen LogP) is 7.01. The number of hydrogen-bond donors (Lipinski definition) is 1. The van der Waals surface area contributed by atoms with Crippen LogP contribution < -0.4 is 9.64 Å². The van der Waals surface area contributed by atoms with E-state index >= 15 is 0 Å². The third kappa shape index (κ3) is 4.70. The van der Waals surface area contributed by atoms with Gasteiger partial charge in [0.05, 0.1) is 24.4 Å². The zero-order valence-electron chi connectivity index (χ0n) is 18.6.